The number of carboxylic acids is 1. The lowest BCUT2D eigenvalue weighted by Crippen LogP contribution is -1.99. The molecule has 0 bridgehead atoms. The summed E-state index contributed by atoms with van der Waals surface area (Å²) < 4.78 is 13.3. The van der Waals surface area contributed by atoms with E-state index in [0.717, 1.165) is 6.07 Å². The van der Waals surface area contributed by atoms with Gasteiger partial charge in [0.15, 0.2) is 0 Å². The molecule has 0 radical (unpaired) electrons. The third-order valence-corrected chi connectivity index (χ3v) is 2.84. The highest BCUT2D eigenvalue weighted by atomic mass is 35.5. The van der Waals surface area contributed by atoms with Gasteiger partial charge in [-0.1, -0.05) is 29.3 Å². The first-order valence-corrected chi connectivity index (χ1v) is 5.72. The Morgan fingerprint density at radius 2 is 1.78 bits per heavy atom. The van der Waals surface area contributed by atoms with Crippen LogP contribution in [0, 0.1) is 5.82 Å². The molecule has 0 aromatic heterocycles. The van der Waals surface area contributed by atoms with Crippen LogP contribution < -0.4 is 0 Å². The van der Waals surface area contributed by atoms with Gasteiger partial charge < -0.3 is 5.11 Å². The molecule has 1 N–H and O–H groups in total. The van der Waals surface area contributed by atoms with Crippen molar-refractivity contribution in [2.45, 2.75) is 0 Å². The third-order valence-electron chi connectivity index (χ3n) is 2.39. The van der Waals surface area contributed by atoms with Crippen LogP contribution in [-0.4, -0.2) is 11.1 Å². The predicted molar refractivity (Wildman–Crippen MR) is 68.8 cm³/mol. The van der Waals surface area contributed by atoms with Gasteiger partial charge in [0.1, 0.15) is 5.82 Å². The van der Waals surface area contributed by atoms with Crippen LogP contribution in [0.5, 0.6) is 0 Å². The molecule has 5 heteroatoms. The van der Waals surface area contributed by atoms with E-state index in [1.807, 2.05) is 0 Å². The Hall–Kier alpha value is -1.58. The van der Waals surface area contributed by atoms with Crippen LogP contribution in [0.1, 0.15) is 10.4 Å². The molecule has 0 amide bonds. The maximum absolute atomic E-state index is 13.3. The van der Waals surface area contributed by atoms with E-state index in [2.05, 4.69) is 0 Å². The second kappa shape index (κ2) is 4.96. The maximum atomic E-state index is 13.3. The highest BCUT2D eigenvalue weighted by molar-refractivity contribution is 6.31. The fourth-order valence-corrected chi connectivity index (χ4v) is 2.05. The van der Waals surface area contributed by atoms with E-state index in [9.17, 15) is 9.18 Å². The van der Waals surface area contributed by atoms with Gasteiger partial charge in [0.2, 0.25) is 0 Å². The lowest BCUT2D eigenvalue weighted by Gasteiger charge is -2.07. The Morgan fingerprint density at radius 1 is 1.06 bits per heavy atom. The highest BCUT2D eigenvalue weighted by Gasteiger charge is 2.13. The van der Waals surface area contributed by atoms with Crippen LogP contribution in [0.4, 0.5) is 4.39 Å². The van der Waals surface area contributed by atoms with E-state index in [1.54, 1.807) is 6.07 Å². The first-order chi connectivity index (χ1) is 8.47. The molecule has 0 aliphatic carbocycles. The fourth-order valence-electron chi connectivity index (χ4n) is 1.65. The van der Waals surface area contributed by atoms with Crippen molar-refractivity contribution in [3.8, 4) is 11.1 Å². The molecule has 2 rings (SSSR count). The van der Waals surface area contributed by atoms with Gasteiger partial charge in [0.25, 0.3) is 0 Å². The summed E-state index contributed by atoms with van der Waals surface area (Å²) in [5.41, 5.74) is 0.770. The summed E-state index contributed by atoms with van der Waals surface area (Å²) in [5.74, 6) is -1.66. The lowest BCUT2D eigenvalue weighted by molar-refractivity contribution is 0.0697. The van der Waals surface area contributed by atoms with Gasteiger partial charge in [-0.3, -0.25) is 0 Å². The van der Waals surface area contributed by atoms with Crippen molar-refractivity contribution < 1.29 is 14.3 Å². The molecule has 0 spiro atoms. The van der Waals surface area contributed by atoms with Crippen LogP contribution in [0.3, 0.4) is 0 Å². The first-order valence-electron chi connectivity index (χ1n) is 4.96. The first kappa shape index (κ1) is 12.9. The molecule has 18 heavy (non-hydrogen) atoms. The van der Waals surface area contributed by atoms with E-state index < -0.39 is 11.8 Å². The normalized spacial score (nSPS) is 10.4. The van der Waals surface area contributed by atoms with Gasteiger partial charge in [0.05, 0.1) is 5.56 Å². The molecule has 0 saturated carbocycles. The molecular formula is C13H7Cl2FO2. The van der Waals surface area contributed by atoms with Gasteiger partial charge >= 0.3 is 5.97 Å². The predicted octanol–water partition coefficient (Wildman–Crippen LogP) is 4.50. The number of rotatable bonds is 2. The minimum absolute atomic E-state index is 0.00386. The second-order valence-electron chi connectivity index (χ2n) is 3.65. The molecule has 92 valence electrons. The molecular weight excluding hydrogens is 278 g/mol. The second-order valence-corrected chi connectivity index (χ2v) is 4.53. The average Bonchev–Trinajstić information content (AvgIpc) is 2.27. The van der Waals surface area contributed by atoms with Gasteiger partial charge in [-0.25, -0.2) is 9.18 Å². The molecule has 0 heterocycles. The van der Waals surface area contributed by atoms with Crippen molar-refractivity contribution >= 4 is 29.2 Å². The SMILES string of the molecule is O=C(O)c1cc(Cl)ccc1-c1cc(F)cc(Cl)c1. The van der Waals surface area contributed by atoms with Gasteiger partial charge in [-0.05, 0) is 41.5 Å². The topological polar surface area (TPSA) is 37.3 Å². The van der Waals surface area contributed by atoms with Gasteiger partial charge in [0, 0.05) is 10.0 Å². The van der Waals surface area contributed by atoms with Crippen molar-refractivity contribution in [2.75, 3.05) is 0 Å². The highest BCUT2D eigenvalue weighted by Crippen LogP contribution is 2.29. The van der Waals surface area contributed by atoms with Gasteiger partial charge in [-0.15, -0.1) is 0 Å². The fraction of sp³-hybridized carbons (Fsp3) is 0. The van der Waals surface area contributed by atoms with E-state index in [1.165, 1.54) is 24.3 Å². The quantitative estimate of drug-likeness (QED) is 0.882. The van der Waals surface area contributed by atoms with E-state index in [-0.39, 0.29) is 10.6 Å². The van der Waals surface area contributed by atoms with E-state index >= 15 is 0 Å². The van der Waals surface area contributed by atoms with Crippen LogP contribution in [-0.2, 0) is 0 Å². The minimum atomic E-state index is -1.13. The Labute approximate surface area is 113 Å². The number of aromatic carboxylic acids is 1. The number of halogens is 3. The number of carbonyl (C=O) groups is 1. The monoisotopic (exact) mass is 284 g/mol. The lowest BCUT2D eigenvalue weighted by atomic mass is 10.00. The summed E-state index contributed by atoms with van der Waals surface area (Å²) in [6, 6.07) is 8.26. The molecule has 0 unspecified atom stereocenters. The molecule has 0 saturated heterocycles. The number of benzene rings is 2. The van der Waals surface area contributed by atoms with Crippen molar-refractivity contribution in [1.82, 2.24) is 0 Å². The van der Waals surface area contributed by atoms with Crippen molar-refractivity contribution in [3.63, 3.8) is 0 Å². The zero-order chi connectivity index (χ0) is 13.3. The van der Waals surface area contributed by atoms with Crippen LogP contribution in [0.15, 0.2) is 36.4 Å². The van der Waals surface area contributed by atoms with E-state index in [0.29, 0.717) is 16.1 Å². The summed E-state index contributed by atoms with van der Waals surface area (Å²) in [5, 5.41) is 9.61. The average molecular weight is 285 g/mol. The Bertz CT molecular complexity index is 606. The standard InChI is InChI=1S/C13H7Cl2FO2/c14-8-1-2-11(12(6-8)13(17)18)7-3-9(15)5-10(16)4-7/h1-6H,(H,17,18). The van der Waals surface area contributed by atoms with Crippen molar-refractivity contribution in [3.05, 3.63) is 57.8 Å². The molecule has 2 nitrogen and oxygen atoms in total. The van der Waals surface area contributed by atoms with Crippen molar-refractivity contribution in [1.29, 1.82) is 0 Å². The Balaban J connectivity index is 2.66. The molecule has 2 aromatic rings. The Morgan fingerprint density at radius 3 is 2.39 bits per heavy atom. The Kier molecular flexibility index (Phi) is 3.55. The number of carboxylic acid groups (broad SMARTS) is 1. The summed E-state index contributed by atoms with van der Waals surface area (Å²) in [7, 11) is 0. The molecule has 2 aromatic carbocycles. The van der Waals surface area contributed by atoms with Crippen LogP contribution >= 0.6 is 23.2 Å². The molecule has 0 aliphatic rings. The molecule has 0 fully saturated rings. The van der Waals surface area contributed by atoms with Crippen LogP contribution in [0.25, 0.3) is 11.1 Å². The summed E-state index contributed by atoms with van der Waals surface area (Å²) >= 11 is 11.5. The zero-order valence-corrected chi connectivity index (χ0v) is 10.5. The minimum Gasteiger partial charge on any atom is -0.478 e. The number of hydrogen-bond donors (Lipinski definition) is 1. The molecule has 0 aliphatic heterocycles. The molecule has 0 atom stereocenters. The zero-order valence-electron chi connectivity index (χ0n) is 8.95. The maximum Gasteiger partial charge on any atom is 0.336 e. The van der Waals surface area contributed by atoms with Gasteiger partial charge in [-0.2, -0.15) is 0 Å². The smallest absolute Gasteiger partial charge is 0.336 e. The van der Waals surface area contributed by atoms with Crippen molar-refractivity contribution in [2.24, 2.45) is 0 Å². The van der Waals surface area contributed by atoms with E-state index in [4.69, 9.17) is 28.3 Å². The largest absolute Gasteiger partial charge is 0.478 e. The number of hydrogen-bond acceptors (Lipinski definition) is 1. The summed E-state index contributed by atoms with van der Waals surface area (Å²) in [6.07, 6.45) is 0. The summed E-state index contributed by atoms with van der Waals surface area (Å²) in [6.45, 7) is 0. The van der Waals surface area contributed by atoms with Crippen LogP contribution in [0.2, 0.25) is 10.0 Å². The third kappa shape index (κ3) is 2.63. The summed E-state index contributed by atoms with van der Waals surface area (Å²) in [4.78, 5) is 11.1.